The maximum absolute atomic E-state index is 12.0. The zero-order valence-corrected chi connectivity index (χ0v) is 12.9. The van der Waals surface area contributed by atoms with E-state index in [9.17, 15) is 9.59 Å². The van der Waals surface area contributed by atoms with E-state index in [1.54, 1.807) is 6.07 Å². The molecule has 2 aliphatic rings. The molecule has 0 unspecified atom stereocenters. The average molecular weight is 301 g/mol. The largest absolute Gasteiger partial charge is 0.452 e. The van der Waals surface area contributed by atoms with Gasteiger partial charge in [0.15, 0.2) is 6.61 Å². The monoisotopic (exact) mass is 301 g/mol. The summed E-state index contributed by atoms with van der Waals surface area (Å²) < 4.78 is 5.14. The lowest BCUT2D eigenvalue weighted by molar-refractivity contribution is -0.125. The molecule has 1 N–H and O–H groups in total. The number of ether oxygens (including phenoxy) is 1. The fraction of sp³-hybridized carbons (Fsp3) is 0.556. The van der Waals surface area contributed by atoms with E-state index in [4.69, 9.17) is 4.74 Å². The van der Waals surface area contributed by atoms with Crippen LogP contribution in [-0.2, 0) is 22.4 Å². The van der Waals surface area contributed by atoms with Gasteiger partial charge in [-0.1, -0.05) is 25.3 Å². The summed E-state index contributed by atoms with van der Waals surface area (Å²) in [6.07, 6.45) is 8.92. The quantitative estimate of drug-likeness (QED) is 0.870. The zero-order chi connectivity index (χ0) is 15.4. The van der Waals surface area contributed by atoms with Crippen molar-refractivity contribution < 1.29 is 14.3 Å². The van der Waals surface area contributed by atoms with Gasteiger partial charge in [0.25, 0.3) is 5.91 Å². The van der Waals surface area contributed by atoms with Gasteiger partial charge in [-0.15, -0.1) is 0 Å². The van der Waals surface area contributed by atoms with E-state index in [2.05, 4.69) is 5.32 Å². The van der Waals surface area contributed by atoms with Gasteiger partial charge in [0.1, 0.15) is 0 Å². The topological polar surface area (TPSA) is 55.4 Å². The van der Waals surface area contributed by atoms with Crippen molar-refractivity contribution in [3.63, 3.8) is 0 Å². The SMILES string of the molecule is O=C(COC(=O)c1ccc2c(c1)CCC2)NC1CCCCC1. The molecule has 0 aromatic heterocycles. The van der Waals surface area contributed by atoms with Gasteiger partial charge < -0.3 is 10.1 Å². The Labute approximate surface area is 131 Å². The van der Waals surface area contributed by atoms with Gasteiger partial charge in [-0.25, -0.2) is 4.79 Å². The molecule has 1 aromatic carbocycles. The Hall–Kier alpha value is -1.84. The maximum Gasteiger partial charge on any atom is 0.338 e. The Morgan fingerprint density at radius 1 is 1.05 bits per heavy atom. The molecule has 4 heteroatoms. The van der Waals surface area contributed by atoms with Crippen molar-refractivity contribution in [1.82, 2.24) is 5.32 Å². The van der Waals surface area contributed by atoms with Crippen molar-refractivity contribution in [2.45, 2.75) is 57.4 Å². The second-order valence-corrected chi connectivity index (χ2v) is 6.32. The molecule has 0 radical (unpaired) electrons. The lowest BCUT2D eigenvalue weighted by atomic mass is 9.95. The summed E-state index contributed by atoms with van der Waals surface area (Å²) in [5.41, 5.74) is 3.11. The molecule has 3 rings (SSSR count). The summed E-state index contributed by atoms with van der Waals surface area (Å²) in [4.78, 5) is 23.9. The third kappa shape index (κ3) is 3.67. The van der Waals surface area contributed by atoms with Gasteiger partial charge in [-0.3, -0.25) is 4.79 Å². The van der Waals surface area contributed by atoms with Crippen LogP contribution in [0.1, 0.15) is 60.0 Å². The Morgan fingerprint density at radius 2 is 1.82 bits per heavy atom. The van der Waals surface area contributed by atoms with Crippen LogP contribution >= 0.6 is 0 Å². The fourth-order valence-corrected chi connectivity index (χ4v) is 3.43. The van der Waals surface area contributed by atoms with Crippen molar-refractivity contribution in [2.24, 2.45) is 0 Å². The van der Waals surface area contributed by atoms with Gasteiger partial charge in [0.2, 0.25) is 0 Å². The number of aryl methyl sites for hydroxylation is 2. The molecule has 0 spiro atoms. The summed E-state index contributed by atoms with van der Waals surface area (Å²) in [7, 11) is 0. The molecule has 0 saturated heterocycles. The molecule has 118 valence electrons. The van der Waals surface area contributed by atoms with Crippen LogP contribution in [0.4, 0.5) is 0 Å². The van der Waals surface area contributed by atoms with Gasteiger partial charge in [-0.2, -0.15) is 0 Å². The van der Waals surface area contributed by atoms with E-state index >= 15 is 0 Å². The zero-order valence-electron chi connectivity index (χ0n) is 12.9. The molecular weight excluding hydrogens is 278 g/mol. The van der Waals surface area contributed by atoms with E-state index in [0.717, 1.165) is 32.1 Å². The summed E-state index contributed by atoms with van der Waals surface area (Å²) in [5, 5.41) is 2.95. The minimum absolute atomic E-state index is 0.188. The van der Waals surface area contributed by atoms with Gasteiger partial charge in [0.05, 0.1) is 5.56 Å². The number of benzene rings is 1. The highest BCUT2D eigenvalue weighted by molar-refractivity contribution is 5.91. The van der Waals surface area contributed by atoms with Crippen LogP contribution in [0.3, 0.4) is 0 Å². The first-order valence-electron chi connectivity index (χ1n) is 8.30. The van der Waals surface area contributed by atoms with Crippen LogP contribution in [0.25, 0.3) is 0 Å². The number of hydrogen-bond acceptors (Lipinski definition) is 3. The van der Waals surface area contributed by atoms with Crippen LogP contribution in [0.5, 0.6) is 0 Å². The molecule has 1 saturated carbocycles. The van der Waals surface area contributed by atoms with Crippen molar-refractivity contribution >= 4 is 11.9 Å². The summed E-state index contributed by atoms with van der Waals surface area (Å²) in [5.74, 6) is -0.602. The average Bonchev–Trinajstić information content (AvgIpc) is 3.01. The number of rotatable bonds is 4. The number of amides is 1. The molecule has 22 heavy (non-hydrogen) atoms. The standard InChI is InChI=1S/C18H23NO3/c20-17(19-16-7-2-1-3-8-16)12-22-18(21)15-10-9-13-5-4-6-14(13)11-15/h9-11,16H,1-8,12H2,(H,19,20). The van der Waals surface area contributed by atoms with Crippen molar-refractivity contribution in [3.8, 4) is 0 Å². The molecule has 2 aliphatic carbocycles. The second kappa shape index (κ2) is 6.95. The van der Waals surface area contributed by atoms with E-state index in [1.807, 2.05) is 12.1 Å². The lowest BCUT2D eigenvalue weighted by Crippen LogP contribution is -2.38. The molecule has 1 fully saturated rings. The maximum atomic E-state index is 12.0. The number of fused-ring (bicyclic) bond motifs is 1. The van der Waals surface area contributed by atoms with E-state index in [-0.39, 0.29) is 18.6 Å². The molecule has 1 aromatic rings. The highest BCUT2D eigenvalue weighted by atomic mass is 16.5. The van der Waals surface area contributed by atoms with E-state index in [0.29, 0.717) is 5.56 Å². The normalized spacial score (nSPS) is 17.8. The Bertz CT molecular complexity index is 561. The number of esters is 1. The Balaban J connectivity index is 1.48. The third-order valence-corrected chi connectivity index (χ3v) is 4.64. The summed E-state index contributed by atoms with van der Waals surface area (Å²) in [6.45, 7) is -0.188. The van der Waals surface area contributed by atoms with Crippen LogP contribution in [0.15, 0.2) is 18.2 Å². The van der Waals surface area contributed by atoms with Crippen LogP contribution in [0.2, 0.25) is 0 Å². The summed E-state index contributed by atoms with van der Waals surface area (Å²) in [6, 6.07) is 5.95. The fourth-order valence-electron chi connectivity index (χ4n) is 3.43. The van der Waals surface area contributed by atoms with Gasteiger partial charge >= 0.3 is 5.97 Å². The molecule has 0 bridgehead atoms. The smallest absolute Gasteiger partial charge is 0.338 e. The van der Waals surface area contributed by atoms with Gasteiger partial charge in [-0.05, 0) is 55.4 Å². The lowest BCUT2D eigenvalue weighted by Gasteiger charge is -2.22. The van der Waals surface area contributed by atoms with Crippen molar-refractivity contribution in [2.75, 3.05) is 6.61 Å². The van der Waals surface area contributed by atoms with E-state index in [1.165, 1.54) is 30.4 Å². The third-order valence-electron chi connectivity index (χ3n) is 4.64. The van der Waals surface area contributed by atoms with E-state index < -0.39 is 5.97 Å². The van der Waals surface area contributed by atoms with Crippen LogP contribution < -0.4 is 5.32 Å². The molecule has 0 atom stereocenters. The number of carbonyl (C=O) groups excluding carboxylic acids is 2. The number of nitrogens with one attached hydrogen (secondary N) is 1. The predicted octanol–water partition coefficient (Wildman–Crippen LogP) is 2.78. The summed E-state index contributed by atoms with van der Waals surface area (Å²) >= 11 is 0. The Kier molecular flexibility index (Phi) is 4.76. The second-order valence-electron chi connectivity index (χ2n) is 6.32. The van der Waals surface area contributed by atoms with Crippen molar-refractivity contribution in [1.29, 1.82) is 0 Å². The first-order valence-corrected chi connectivity index (χ1v) is 8.30. The minimum Gasteiger partial charge on any atom is -0.452 e. The highest BCUT2D eigenvalue weighted by Gasteiger charge is 2.18. The molecule has 0 aliphatic heterocycles. The molecule has 4 nitrogen and oxygen atoms in total. The van der Waals surface area contributed by atoms with Crippen molar-refractivity contribution in [3.05, 3.63) is 34.9 Å². The number of hydrogen-bond donors (Lipinski definition) is 1. The molecule has 0 heterocycles. The van der Waals surface area contributed by atoms with Crippen LogP contribution in [0, 0.1) is 0 Å². The first kappa shape index (κ1) is 15.1. The highest BCUT2D eigenvalue weighted by Crippen LogP contribution is 2.23. The molecular formula is C18H23NO3. The molecule has 1 amide bonds. The van der Waals surface area contributed by atoms with Crippen LogP contribution in [-0.4, -0.2) is 24.5 Å². The minimum atomic E-state index is -0.409. The predicted molar refractivity (Wildman–Crippen MR) is 83.8 cm³/mol. The first-order chi connectivity index (χ1) is 10.7. The number of carbonyl (C=O) groups is 2. The Morgan fingerprint density at radius 3 is 2.64 bits per heavy atom. The van der Waals surface area contributed by atoms with Gasteiger partial charge in [0, 0.05) is 6.04 Å².